The summed E-state index contributed by atoms with van der Waals surface area (Å²) in [6, 6.07) is 5.75. The van der Waals surface area contributed by atoms with Crippen molar-refractivity contribution in [3.8, 4) is 5.75 Å². The molecular formula is C15H24ClN3O. The first-order chi connectivity index (χ1) is 9.56. The van der Waals surface area contributed by atoms with E-state index in [0.717, 1.165) is 41.8 Å². The predicted octanol–water partition coefficient (Wildman–Crippen LogP) is 2.71. The van der Waals surface area contributed by atoms with Crippen molar-refractivity contribution in [1.82, 2.24) is 10.6 Å². The molecule has 0 unspecified atom stereocenters. The summed E-state index contributed by atoms with van der Waals surface area (Å²) in [7, 11) is 3.41. The van der Waals surface area contributed by atoms with Crippen LogP contribution in [0.25, 0.3) is 0 Å². The molecule has 20 heavy (non-hydrogen) atoms. The van der Waals surface area contributed by atoms with Gasteiger partial charge in [-0.2, -0.15) is 0 Å². The van der Waals surface area contributed by atoms with Crippen LogP contribution >= 0.6 is 11.6 Å². The Kier molecular flexibility index (Phi) is 7.23. The maximum atomic E-state index is 6.21. The van der Waals surface area contributed by atoms with Crippen LogP contribution in [0.5, 0.6) is 5.75 Å². The average molecular weight is 298 g/mol. The van der Waals surface area contributed by atoms with E-state index in [2.05, 4.69) is 29.5 Å². The van der Waals surface area contributed by atoms with Crippen LogP contribution in [0, 0.1) is 5.92 Å². The molecule has 0 saturated heterocycles. The van der Waals surface area contributed by atoms with Crippen molar-refractivity contribution in [3.05, 3.63) is 28.8 Å². The van der Waals surface area contributed by atoms with Crippen LogP contribution in [0.1, 0.15) is 19.4 Å². The summed E-state index contributed by atoms with van der Waals surface area (Å²) in [5.74, 6) is 2.19. The monoisotopic (exact) mass is 297 g/mol. The van der Waals surface area contributed by atoms with Crippen LogP contribution in [-0.4, -0.2) is 33.2 Å². The standard InChI is InChI=1S/C15H24ClN3O/c1-11(2)10-19-15(17-3)18-8-7-12-5-6-13(20-4)9-14(12)16/h5-6,9,11H,7-8,10H2,1-4H3,(H2,17,18,19). The molecule has 4 nitrogen and oxygen atoms in total. The second kappa shape index (κ2) is 8.69. The third-order valence-electron chi connectivity index (χ3n) is 2.85. The van der Waals surface area contributed by atoms with Gasteiger partial charge in [0.2, 0.25) is 0 Å². The molecule has 2 N–H and O–H groups in total. The molecule has 0 aliphatic carbocycles. The second-order valence-electron chi connectivity index (χ2n) is 4.98. The summed E-state index contributed by atoms with van der Waals surface area (Å²) < 4.78 is 5.14. The molecule has 0 radical (unpaired) electrons. The summed E-state index contributed by atoms with van der Waals surface area (Å²) in [6.07, 6.45) is 0.838. The van der Waals surface area contributed by atoms with Crippen LogP contribution < -0.4 is 15.4 Å². The number of nitrogens with one attached hydrogen (secondary N) is 2. The molecule has 0 aliphatic rings. The maximum absolute atomic E-state index is 6.21. The van der Waals surface area contributed by atoms with Crippen LogP contribution in [0.4, 0.5) is 0 Å². The summed E-state index contributed by atoms with van der Waals surface area (Å²) in [4.78, 5) is 4.18. The first kappa shape index (κ1) is 16.6. The second-order valence-corrected chi connectivity index (χ2v) is 5.39. The first-order valence-electron chi connectivity index (χ1n) is 6.83. The Balaban J connectivity index is 2.43. The van der Waals surface area contributed by atoms with Crippen LogP contribution in [0.3, 0.4) is 0 Å². The van der Waals surface area contributed by atoms with Crippen molar-refractivity contribution in [3.63, 3.8) is 0 Å². The van der Waals surface area contributed by atoms with Crippen molar-refractivity contribution in [2.24, 2.45) is 10.9 Å². The molecule has 1 aromatic carbocycles. The quantitative estimate of drug-likeness (QED) is 0.627. The number of rotatable bonds is 6. The third-order valence-corrected chi connectivity index (χ3v) is 3.20. The van der Waals surface area contributed by atoms with Crippen molar-refractivity contribution in [2.75, 3.05) is 27.2 Å². The smallest absolute Gasteiger partial charge is 0.190 e. The highest BCUT2D eigenvalue weighted by Gasteiger charge is 2.03. The first-order valence-corrected chi connectivity index (χ1v) is 7.21. The molecule has 112 valence electrons. The van der Waals surface area contributed by atoms with Gasteiger partial charge in [0.1, 0.15) is 5.75 Å². The van der Waals surface area contributed by atoms with Gasteiger partial charge in [-0.25, -0.2) is 0 Å². The molecule has 0 heterocycles. The lowest BCUT2D eigenvalue weighted by Crippen LogP contribution is -2.39. The zero-order valence-corrected chi connectivity index (χ0v) is 13.4. The van der Waals surface area contributed by atoms with Crippen molar-refractivity contribution < 1.29 is 4.74 Å². The molecule has 0 spiro atoms. The zero-order chi connectivity index (χ0) is 15.0. The van der Waals surface area contributed by atoms with Gasteiger partial charge in [0.25, 0.3) is 0 Å². The van der Waals surface area contributed by atoms with Gasteiger partial charge < -0.3 is 15.4 Å². The average Bonchev–Trinajstić information content (AvgIpc) is 2.43. The van der Waals surface area contributed by atoms with E-state index in [1.165, 1.54) is 0 Å². The molecule has 0 aliphatic heterocycles. The highest BCUT2D eigenvalue weighted by Crippen LogP contribution is 2.22. The highest BCUT2D eigenvalue weighted by molar-refractivity contribution is 6.31. The number of guanidine groups is 1. The minimum atomic E-state index is 0.588. The minimum Gasteiger partial charge on any atom is -0.497 e. The number of nitrogens with zero attached hydrogens (tertiary/aromatic N) is 1. The number of methoxy groups -OCH3 is 1. The van der Waals surface area contributed by atoms with Gasteiger partial charge in [0, 0.05) is 25.2 Å². The van der Waals surface area contributed by atoms with E-state index in [1.54, 1.807) is 14.2 Å². The van der Waals surface area contributed by atoms with E-state index < -0.39 is 0 Å². The van der Waals surface area contributed by atoms with Gasteiger partial charge in [-0.1, -0.05) is 31.5 Å². The van der Waals surface area contributed by atoms with Gasteiger partial charge in [-0.15, -0.1) is 0 Å². The van der Waals surface area contributed by atoms with E-state index >= 15 is 0 Å². The molecule has 0 aromatic heterocycles. The maximum Gasteiger partial charge on any atom is 0.190 e. The number of halogens is 1. The van der Waals surface area contributed by atoms with Gasteiger partial charge in [0.15, 0.2) is 5.96 Å². The fraction of sp³-hybridized carbons (Fsp3) is 0.533. The Labute approximate surface area is 126 Å². The lowest BCUT2D eigenvalue weighted by atomic mass is 10.1. The highest BCUT2D eigenvalue weighted by atomic mass is 35.5. The zero-order valence-electron chi connectivity index (χ0n) is 12.7. The number of hydrogen-bond donors (Lipinski definition) is 2. The summed E-state index contributed by atoms with van der Waals surface area (Å²) in [5.41, 5.74) is 1.10. The molecule has 1 aromatic rings. The molecular weight excluding hydrogens is 274 g/mol. The Morgan fingerprint density at radius 3 is 2.65 bits per heavy atom. The van der Waals surface area contributed by atoms with E-state index in [0.29, 0.717) is 5.92 Å². The summed E-state index contributed by atoms with van der Waals surface area (Å²) in [6.45, 7) is 6.02. The van der Waals surface area contributed by atoms with Gasteiger partial charge in [-0.3, -0.25) is 4.99 Å². The van der Waals surface area contributed by atoms with Crippen molar-refractivity contribution in [1.29, 1.82) is 0 Å². The Bertz CT molecular complexity index is 447. The lowest BCUT2D eigenvalue weighted by Gasteiger charge is -2.14. The fourth-order valence-electron chi connectivity index (χ4n) is 1.69. The number of hydrogen-bond acceptors (Lipinski definition) is 2. The topological polar surface area (TPSA) is 45.7 Å². The van der Waals surface area contributed by atoms with Crippen LogP contribution in [0.15, 0.2) is 23.2 Å². The van der Waals surface area contributed by atoms with Crippen LogP contribution in [0.2, 0.25) is 5.02 Å². The van der Waals surface area contributed by atoms with E-state index in [-0.39, 0.29) is 0 Å². The molecule has 0 bridgehead atoms. The fourth-order valence-corrected chi connectivity index (χ4v) is 1.96. The summed E-state index contributed by atoms with van der Waals surface area (Å²) in [5, 5.41) is 7.28. The number of ether oxygens (including phenoxy) is 1. The normalized spacial score (nSPS) is 11.6. The SMILES string of the molecule is CN=C(NCCc1ccc(OC)cc1Cl)NCC(C)C. The Morgan fingerprint density at radius 1 is 1.35 bits per heavy atom. The van der Waals surface area contributed by atoms with Crippen molar-refractivity contribution in [2.45, 2.75) is 20.3 Å². The molecule has 1 rings (SSSR count). The number of aliphatic imine (C=N–C) groups is 1. The van der Waals surface area contributed by atoms with E-state index in [1.807, 2.05) is 18.2 Å². The summed E-state index contributed by atoms with van der Waals surface area (Å²) >= 11 is 6.21. The van der Waals surface area contributed by atoms with Gasteiger partial charge in [-0.05, 0) is 30.0 Å². The van der Waals surface area contributed by atoms with E-state index in [9.17, 15) is 0 Å². The van der Waals surface area contributed by atoms with Crippen molar-refractivity contribution >= 4 is 17.6 Å². The molecule has 0 fully saturated rings. The van der Waals surface area contributed by atoms with Gasteiger partial charge >= 0.3 is 0 Å². The Morgan fingerprint density at radius 2 is 2.10 bits per heavy atom. The minimum absolute atomic E-state index is 0.588. The molecule has 5 heteroatoms. The largest absolute Gasteiger partial charge is 0.497 e. The van der Waals surface area contributed by atoms with E-state index in [4.69, 9.17) is 16.3 Å². The van der Waals surface area contributed by atoms with Gasteiger partial charge in [0.05, 0.1) is 7.11 Å². The number of benzene rings is 1. The van der Waals surface area contributed by atoms with Crippen LogP contribution in [-0.2, 0) is 6.42 Å². The molecule has 0 atom stereocenters. The lowest BCUT2D eigenvalue weighted by molar-refractivity contribution is 0.414. The molecule has 0 amide bonds. The molecule has 0 saturated carbocycles. The predicted molar refractivity (Wildman–Crippen MR) is 85.9 cm³/mol. The third kappa shape index (κ3) is 5.70. The Hall–Kier alpha value is -1.42.